The van der Waals surface area contributed by atoms with E-state index in [0.717, 1.165) is 17.0 Å². The minimum absolute atomic E-state index is 0.0640. The Hall–Kier alpha value is -2.36. The summed E-state index contributed by atoms with van der Waals surface area (Å²) in [5.74, 6) is 0.705. The lowest BCUT2D eigenvalue weighted by atomic mass is 10.1. The Balaban J connectivity index is 2.18. The van der Waals surface area contributed by atoms with Crippen LogP contribution in [0.15, 0.2) is 36.4 Å². The number of carbonyl (C=O) groups is 1. The number of ketones is 1. The zero-order valence-electron chi connectivity index (χ0n) is 11.3. The van der Waals surface area contributed by atoms with Gasteiger partial charge in [0.1, 0.15) is 11.4 Å². The first-order valence-corrected chi connectivity index (χ1v) is 5.97. The predicted molar refractivity (Wildman–Crippen MR) is 74.3 cm³/mol. The number of methoxy groups -OCH3 is 1. The highest BCUT2D eigenvalue weighted by Gasteiger charge is 2.08. The molecule has 1 aromatic heterocycles. The molecular weight excluding hydrogens is 240 g/mol. The third-order valence-electron chi connectivity index (χ3n) is 2.78. The van der Waals surface area contributed by atoms with Crippen molar-refractivity contribution in [2.45, 2.75) is 6.92 Å². The van der Waals surface area contributed by atoms with E-state index in [4.69, 9.17) is 4.74 Å². The van der Waals surface area contributed by atoms with Crippen molar-refractivity contribution in [3.8, 4) is 5.75 Å². The molecule has 1 heterocycles. The summed E-state index contributed by atoms with van der Waals surface area (Å²) in [5.41, 5.74) is 2.34. The molecule has 0 radical (unpaired) electrons. The van der Waals surface area contributed by atoms with Crippen LogP contribution in [0.2, 0.25) is 0 Å². The summed E-state index contributed by atoms with van der Waals surface area (Å²) in [6, 6.07) is 9.32. The number of benzene rings is 1. The molecule has 2 rings (SSSR count). The van der Waals surface area contributed by atoms with Crippen LogP contribution < -0.4 is 4.74 Å². The second-order valence-corrected chi connectivity index (χ2v) is 4.27. The van der Waals surface area contributed by atoms with Crippen LogP contribution in [0.1, 0.15) is 21.7 Å². The minimum atomic E-state index is -0.0640. The maximum atomic E-state index is 12.0. The van der Waals surface area contributed by atoms with E-state index < -0.39 is 0 Å². The highest BCUT2D eigenvalue weighted by Crippen LogP contribution is 2.14. The maximum absolute atomic E-state index is 12.0. The molecule has 0 spiro atoms. The number of hydrogen-bond acceptors (Lipinski definition) is 3. The van der Waals surface area contributed by atoms with Crippen molar-refractivity contribution in [3.05, 3.63) is 53.4 Å². The standard InChI is InChI=1S/C15H16N2O2/c1-11-9-14(17(2)16-11)15(18)8-7-12-5-4-6-13(10-12)19-3/h4-10H,1-3H3/b8-7+. The Morgan fingerprint density at radius 2 is 2.16 bits per heavy atom. The predicted octanol–water partition coefficient (Wildman–Crippen LogP) is 2.63. The normalized spacial score (nSPS) is 10.9. The minimum Gasteiger partial charge on any atom is -0.497 e. The van der Waals surface area contributed by atoms with Crippen molar-refractivity contribution in [2.75, 3.05) is 7.11 Å². The van der Waals surface area contributed by atoms with Gasteiger partial charge in [0.25, 0.3) is 0 Å². The zero-order chi connectivity index (χ0) is 13.8. The molecule has 0 fully saturated rings. The summed E-state index contributed by atoms with van der Waals surface area (Å²) >= 11 is 0. The Labute approximate surface area is 112 Å². The van der Waals surface area contributed by atoms with Crippen molar-refractivity contribution in [1.29, 1.82) is 0 Å². The van der Waals surface area contributed by atoms with Gasteiger partial charge >= 0.3 is 0 Å². The SMILES string of the molecule is COc1cccc(/C=C/C(=O)c2cc(C)nn2C)c1. The molecule has 0 saturated carbocycles. The fraction of sp³-hybridized carbons (Fsp3) is 0.200. The first-order chi connectivity index (χ1) is 9.10. The molecule has 1 aromatic carbocycles. The second kappa shape index (κ2) is 5.52. The van der Waals surface area contributed by atoms with Crippen molar-refractivity contribution >= 4 is 11.9 Å². The number of rotatable bonds is 4. The van der Waals surface area contributed by atoms with Gasteiger partial charge in [0.15, 0.2) is 0 Å². The van der Waals surface area contributed by atoms with Gasteiger partial charge in [0.05, 0.1) is 12.8 Å². The summed E-state index contributed by atoms with van der Waals surface area (Å²) < 4.78 is 6.73. The van der Waals surface area contributed by atoms with Crippen molar-refractivity contribution in [1.82, 2.24) is 9.78 Å². The van der Waals surface area contributed by atoms with Crippen LogP contribution in [-0.4, -0.2) is 22.7 Å². The van der Waals surface area contributed by atoms with E-state index in [-0.39, 0.29) is 5.78 Å². The molecule has 0 aliphatic rings. The number of carbonyl (C=O) groups excluding carboxylic acids is 1. The lowest BCUT2D eigenvalue weighted by Crippen LogP contribution is -2.03. The van der Waals surface area contributed by atoms with Gasteiger partial charge in [-0.15, -0.1) is 0 Å². The smallest absolute Gasteiger partial charge is 0.203 e. The molecule has 0 aliphatic heterocycles. The molecule has 0 aliphatic carbocycles. The number of hydrogen-bond donors (Lipinski definition) is 0. The average Bonchev–Trinajstić information content (AvgIpc) is 2.75. The van der Waals surface area contributed by atoms with E-state index in [2.05, 4.69) is 5.10 Å². The third kappa shape index (κ3) is 3.10. The van der Waals surface area contributed by atoms with Crippen LogP contribution in [0.4, 0.5) is 0 Å². The number of nitrogens with zero attached hydrogens (tertiary/aromatic N) is 2. The summed E-state index contributed by atoms with van der Waals surface area (Å²) in [4.78, 5) is 12.0. The van der Waals surface area contributed by atoms with Gasteiger partial charge in [-0.25, -0.2) is 0 Å². The van der Waals surface area contributed by atoms with Gasteiger partial charge in [-0.2, -0.15) is 5.10 Å². The largest absolute Gasteiger partial charge is 0.497 e. The second-order valence-electron chi connectivity index (χ2n) is 4.27. The maximum Gasteiger partial charge on any atom is 0.203 e. The number of aromatic nitrogens is 2. The molecule has 0 N–H and O–H groups in total. The van der Waals surface area contributed by atoms with Crippen molar-refractivity contribution < 1.29 is 9.53 Å². The van der Waals surface area contributed by atoms with E-state index in [1.165, 1.54) is 0 Å². The Kier molecular flexibility index (Phi) is 3.80. The van der Waals surface area contributed by atoms with Crippen molar-refractivity contribution in [3.63, 3.8) is 0 Å². The molecule has 98 valence electrons. The molecule has 0 bridgehead atoms. The molecule has 2 aromatic rings. The molecule has 0 atom stereocenters. The summed E-state index contributed by atoms with van der Waals surface area (Å²) in [6.45, 7) is 1.86. The van der Waals surface area contributed by atoms with Crippen LogP contribution in [0.5, 0.6) is 5.75 Å². The van der Waals surface area contributed by atoms with Gasteiger partial charge in [-0.3, -0.25) is 9.48 Å². The average molecular weight is 256 g/mol. The lowest BCUT2D eigenvalue weighted by Gasteiger charge is -2.00. The first-order valence-electron chi connectivity index (χ1n) is 5.97. The highest BCUT2D eigenvalue weighted by molar-refractivity contribution is 6.05. The summed E-state index contributed by atoms with van der Waals surface area (Å²) in [5, 5.41) is 4.16. The van der Waals surface area contributed by atoms with Crippen LogP contribution in [0.3, 0.4) is 0 Å². The fourth-order valence-corrected chi connectivity index (χ4v) is 1.84. The van der Waals surface area contributed by atoms with Crippen molar-refractivity contribution in [2.24, 2.45) is 7.05 Å². The monoisotopic (exact) mass is 256 g/mol. The van der Waals surface area contributed by atoms with Crippen LogP contribution in [0.25, 0.3) is 6.08 Å². The Morgan fingerprint density at radius 3 is 2.79 bits per heavy atom. The molecule has 4 nitrogen and oxygen atoms in total. The highest BCUT2D eigenvalue weighted by atomic mass is 16.5. The van der Waals surface area contributed by atoms with E-state index in [9.17, 15) is 4.79 Å². The molecule has 0 saturated heterocycles. The van der Waals surface area contributed by atoms with Gasteiger partial charge in [-0.1, -0.05) is 18.2 Å². The number of aryl methyl sites for hydroxylation is 2. The van der Waals surface area contributed by atoms with Gasteiger partial charge < -0.3 is 4.74 Å². The van der Waals surface area contributed by atoms with E-state index in [1.807, 2.05) is 31.2 Å². The molecule has 0 amide bonds. The number of allylic oxidation sites excluding steroid dienone is 1. The van der Waals surface area contributed by atoms with E-state index in [0.29, 0.717) is 5.69 Å². The number of ether oxygens (including phenoxy) is 1. The molecule has 19 heavy (non-hydrogen) atoms. The van der Waals surface area contributed by atoms with Gasteiger partial charge in [0.2, 0.25) is 5.78 Å². The Bertz CT molecular complexity index is 627. The van der Waals surface area contributed by atoms with E-state index in [1.54, 1.807) is 37.1 Å². The lowest BCUT2D eigenvalue weighted by molar-refractivity contribution is 0.103. The molecule has 0 unspecified atom stereocenters. The summed E-state index contributed by atoms with van der Waals surface area (Å²) in [7, 11) is 3.38. The molecular formula is C15H16N2O2. The first kappa shape index (κ1) is 13.1. The fourth-order valence-electron chi connectivity index (χ4n) is 1.84. The molecule has 4 heteroatoms. The zero-order valence-corrected chi connectivity index (χ0v) is 11.3. The van der Waals surface area contributed by atoms with Crippen LogP contribution >= 0.6 is 0 Å². The van der Waals surface area contributed by atoms with Gasteiger partial charge in [0, 0.05) is 7.05 Å². The van der Waals surface area contributed by atoms with E-state index >= 15 is 0 Å². The van der Waals surface area contributed by atoms with Crippen LogP contribution in [0, 0.1) is 6.92 Å². The third-order valence-corrected chi connectivity index (χ3v) is 2.78. The topological polar surface area (TPSA) is 44.1 Å². The quantitative estimate of drug-likeness (QED) is 0.624. The Morgan fingerprint density at radius 1 is 1.37 bits per heavy atom. The van der Waals surface area contributed by atoms with Gasteiger partial charge in [-0.05, 0) is 36.8 Å². The summed E-state index contributed by atoms with van der Waals surface area (Å²) in [6.07, 6.45) is 3.32. The van der Waals surface area contributed by atoms with Crippen LogP contribution in [-0.2, 0) is 7.05 Å².